The normalized spacial score (nSPS) is 47.8. The maximum absolute atomic E-state index is 2.82. The van der Waals surface area contributed by atoms with E-state index in [4.69, 9.17) is 0 Å². The second-order valence-electron chi connectivity index (χ2n) is 14.6. The molecule has 0 bridgehead atoms. The lowest BCUT2D eigenvalue weighted by Crippen LogP contribution is -2.52. The Bertz CT molecular complexity index is 620. The highest BCUT2D eigenvalue weighted by Gasteiger charge is 2.62. The molecule has 0 aromatic carbocycles. The minimum atomic E-state index is 0.614. The molecule has 4 rings (SSSR count). The standard InChI is InChI=1S/C32H58/c1-8-25(23(2)3)11-9-12-26-16-17-29-30(26,5)20-10-13-28-31(6)21-18-24(4)14-15-27(31)19-22-32(28,29)7/h23-29H,8-22H2,1-7H3. The predicted octanol–water partition coefficient (Wildman–Crippen LogP) is 10.3. The first-order valence-electron chi connectivity index (χ1n) is 15.1. The minimum Gasteiger partial charge on any atom is -0.0651 e. The first-order valence-corrected chi connectivity index (χ1v) is 15.1. The highest BCUT2D eigenvalue weighted by molar-refractivity contribution is 5.11. The molecule has 0 radical (unpaired) electrons. The largest absolute Gasteiger partial charge is 0.0651 e. The summed E-state index contributed by atoms with van der Waals surface area (Å²) in [7, 11) is 0. The van der Waals surface area contributed by atoms with Crippen LogP contribution in [0.15, 0.2) is 0 Å². The van der Waals surface area contributed by atoms with Crippen molar-refractivity contribution in [2.24, 2.45) is 57.7 Å². The second-order valence-corrected chi connectivity index (χ2v) is 14.6. The summed E-state index contributed by atoms with van der Waals surface area (Å²) in [6.07, 6.45) is 22.7. The quantitative estimate of drug-likeness (QED) is 0.383. The van der Waals surface area contributed by atoms with Gasteiger partial charge in [0.25, 0.3) is 0 Å². The predicted molar refractivity (Wildman–Crippen MR) is 141 cm³/mol. The topological polar surface area (TPSA) is 0 Å². The monoisotopic (exact) mass is 442 g/mol. The van der Waals surface area contributed by atoms with E-state index in [-0.39, 0.29) is 0 Å². The lowest BCUT2D eigenvalue weighted by atomic mass is 9.45. The molecule has 32 heavy (non-hydrogen) atoms. The summed E-state index contributed by atoms with van der Waals surface area (Å²) in [5, 5.41) is 0. The summed E-state index contributed by atoms with van der Waals surface area (Å²) in [6, 6.07) is 0. The van der Waals surface area contributed by atoms with Crippen molar-refractivity contribution in [3.05, 3.63) is 0 Å². The molecular weight excluding hydrogens is 384 g/mol. The molecule has 0 nitrogen and oxygen atoms in total. The van der Waals surface area contributed by atoms with E-state index in [0.29, 0.717) is 16.2 Å². The SMILES string of the molecule is CCC(CCCC1CCC2C1(C)CCCC1C3(C)CCC(C)CCC3CCC21C)C(C)C. The molecule has 4 saturated carbocycles. The smallest absolute Gasteiger partial charge is 0.0259 e. The molecule has 0 amide bonds. The summed E-state index contributed by atoms with van der Waals surface area (Å²) in [5.41, 5.74) is 1.87. The van der Waals surface area contributed by atoms with Gasteiger partial charge < -0.3 is 0 Å². The van der Waals surface area contributed by atoms with Crippen LogP contribution >= 0.6 is 0 Å². The third kappa shape index (κ3) is 4.26. The number of hydrogen-bond acceptors (Lipinski definition) is 0. The Morgan fingerprint density at radius 3 is 2.19 bits per heavy atom. The van der Waals surface area contributed by atoms with Gasteiger partial charge >= 0.3 is 0 Å². The van der Waals surface area contributed by atoms with Crippen molar-refractivity contribution in [2.75, 3.05) is 0 Å². The van der Waals surface area contributed by atoms with Crippen LogP contribution in [-0.4, -0.2) is 0 Å². The van der Waals surface area contributed by atoms with Crippen LogP contribution in [0.2, 0.25) is 0 Å². The number of fused-ring (bicyclic) bond motifs is 5. The molecule has 4 aliphatic rings. The van der Waals surface area contributed by atoms with E-state index in [9.17, 15) is 0 Å². The van der Waals surface area contributed by atoms with Crippen LogP contribution in [-0.2, 0) is 0 Å². The second kappa shape index (κ2) is 9.57. The number of hydrogen-bond donors (Lipinski definition) is 0. The molecule has 0 aliphatic heterocycles. The summed E-state index contributed by atoms with van der Waals surface area (Å²) < 4.78 is 0. The van der Waals surface area contributed by atoms with Crippen molar-refractivity contribution in [2.45, 2.75) is 145 Å². The van der Waals surface area contributed by atoms with Gasteiger partial charge in [0.2, 0.25) is 0 Å². The molecule has 186 valence electrons. The van der Waals surface area contributed by atoms with Crippen molar-refractivity contribution in [1.82, 2.24) is 0 Å². The Balaban J connectivity index is 1.51. The van der Waals surface area contributed by atoms with Gasteiger partial charge in [-0.2, -0.15) is 0 Å². The van der Waals surface area contributed by atoms with Crippen LogP contribution in [0, 0.1) is 57.7 Å². The molecule has 0 saturated heterocycles. The molecule has 0 N–H and O–H groups in total. The fraction of sp³-hybridized carbons (Fsp3) is 1.00. The minimum absolute atomic E-state index is 0.614. The van der Waals surface area contributed by atoms with E-state index in [0.717, 1.165) is 41.4 Å². The Morgan fingerprint density at radius 1 is 0.750 bits per heavy atom. The first kappa shape index (κ1) is 25.1. The van der Waals surface area contributed by atoms with Crippen LogP contribution in [0.3, 0.4) is 0 Å². The Labute approximate surface area is 202 Å². The van der Waals surface area contributed by atoms with E-state index in [2.05, 4.69) is 48.5 Å². The fourth-order valence-corrected chi connectivity index (χ4v) is 10.7. The highest BCUT2D eigenvalue weighted by Crippen LogP contribution is 2.70. The van der Waals surface area contributed by atoms with Gasteiger partial charge in [0.15, 0.2) is 0 Å². The van der Waals surface area contributed by atoms with Gasteiger partial charge in [0.05, 0.1) is 0 Å². The maximum Gasteiger partial charge on any atom is -0.0259 e. The molecule has 9 atom stereocenters. The average molecular weight is 443 g/mol. The third-order valence-corrected chi connectivity index (χ3v) is 12.9. The van der Waals surface area contributed by atoms with Crippen LogP contribution in [0.1, 0.15) is 145 Å². The zero-order valence-corrected chi connectivity index (χ0v) is 23.1. The summed E-state index contributed by atoms with van der Waals surface area (Å²) in [6.45, 7) is 18.2. The van der Waals surface area contributed by atoms with Gasteiger partial charge in [0, 0.05) is 0 Å². The number of rotatable bonds is 6. The Hall–Kier alpha value is 0. The molecule has 4 aliphatic carbocycles. The van der Waals surface area contributed by atoms with Crippen molar-refractivity contribution in [1.29, 1.82) is 0 Å². The Morgan fingerprint density at radius 2 is 1.47 bits per heavy atom. The molecule has 0 aromatic heterocycles. The van der Waals surface area contributed by atoms with Gasteiger partial charge in [-0.25, -0.2) is 0 Å². The van der Waals surface area contributed by atoms with Gasteiger partial charge in [0.1, 0.15) is 0 Å². The van der Waals surface area contributed by atoms with E-state index >= 15 is 0 Å². The molecule has 0 heteroatoms. The van der Waals surface area contributed by atoms with Gasteiger partial charge in [-0.3, -0.25) is 0 Å². The zero-order chi connectivity index (χ0) is 23.1. The molecule has 9 unspecified atom stereocenters. The van der Waals surface area contributed by atoms with E-state index in [1.54, 1.807) is 32.1 Å². The Kier molecular flexibility index (Phi) is 7.51. The summed E-state index contributed by atoms with van der Waals surface area (Å²) in [4.78, 5) is 0. The zero-order valence-electron chi connectivity index (χ0n) is 23.1. The fourth-order valence-electron chi connectivity index (χ4n) is 10.7. The third-order valence-electron chi connectivity index (χ3n) is 12.9. The van der Waals surface area contributed by atoms with Crippen molar-refractivity contribution in [3.8, 4) is 0 Å². The van der Waals surface area contributed by atoms with Gasteiger partial charge in [-0.1, -0.05) is 87.0 Å². The molecule has 4 fully saturated rings. The van der Waals surface area contributed by atoms with Gasteiger partial charge in [-0.05, 0) is 115 Å². The van der Waals surface area contributed by atoms with Crippen LogP contribution in [0.5, 0.6) is 0 Å². The first-order chi connectivity index (χ1) is 15.1. The van der Waals surface area contributed by atoms with Crippen molar-refractivity contribution in [3.63, 3.8) is 0 Å². The highest BCUT2D eigenvalue weighted by atomic mass is 14.7. The van der Waals surface area contributed by atoms with Gasteiger partial charge in [-0.15, -0.1) is 0 Å². The van der Waals surface area contributed by atoms with Crippen molar-refractivity contribution < 1.29 is 0 Å². The summed E-state index contributed by atoms with van der Waals surface area (Å²) >= 11 is 0. The molecule has 0 spiro atoms. The lowest BCUT2D eigenvalue weighted by molar-refractivity contribution is -0.109. The average Bonchev–Trinajstić information content (AvgIpc) is 2.91. The molecule has 0 heterocycles. The van der Waals surface area contributed by atoms with Crippen LogP contribution in [0.25, 0.3) is 0 Å². The van der Waals surface area contributed by atoms with E-state index in [1.165, 1.54) is 64.2 Å². The van der Waals surface area contributed by atoms with Crippen LogP contribution in [0.4, 0.5) is 0 Å². The lowest BCUT2D eigenvalue weighted by Gasteiger charge is -2.60. The molecule has 0 aromatic rings. The summed E-state index contributed by atoms with van der Waals surface area (Å²) in [5.74, 6) is 6.80. The van der Waals surface area contributed by atoms with Crippen molar-refractivity contribution >= 4 is 0 Å². The van der Waals surface area contributed by atoms with Crippen LogP contribution < -0.4 is 0 Å². The van der Waals surface area contributed by atoms with E-state index in [1.807, 2.05) is 0 Å². The van der Waals surface area contributed by atoms with E-state index < -0.39 is 0 Å². The maximum atomic E-state index is 2.82. The molecular formula is C32H58.